The maximum absolute atomic E-state index is 10.6. The molecule has 4 bridgehead atoms. The second-order valence-electron chi connectivity index (χ2n) is 9.18. The molecule has 6 rings (SSSR count). The molecule has 0 spiro atoms. The lowest BCUT2D eigenvalue weighted by Gasteiger charge is -2.62. The molecule has 4 aliphatic carbocycles. The summed E-state index contributed by atoms with van der Waals surface area (Å²) < 4.78 is 0. The first-order chi connectivity index (χ1) is 13.2. The van der Waals surface area contributed by atoms with E-state index in [0.717, 1.165) is 32.1 Å². The third-order valence-corrected chi connectivity index (χ3v) is 7.39. The van der Waals surface area contributed by atoms with Gasteiger partial charge in [-0.2, -0.15) is 0 Å². The second kappa shape index (κ2) is 5.40. The van der Waals surface area contributed by atoms with Gasteiger partial charge in [0.15, 0.2) is 23.0 Å². The summed E-state index contributed by atoms with van der Waals surface area (Å²) in [6, 6.07) is 5.35. The molecule has 6 N–H and O–H groups in total. The normalized spacial score (nSPS) is 33.3. The van der Waals surface area contributed by atoms with Crippen LogP contribution in [0.25, 0.3) is 0 Å². The minimum absolute atomic E-state index is 0.0447. The quantitative estimate of drug-likeness (QED) is 0.347. The Morgan fingerprint density at radius 2 is 0.929 bits per heavy atom. The van der Waals surface area contributed by atoms with E-state index in [4.69, 9.17) is 0 Å². The highest BCUT2D eigenvalue weighted by atomic mass is 16.3. The van der Waals surface area contributed by atoms with Gasteiger partial charge in [0, 0.05) is 22.0 Å². The molecule has 4 fully saturated rings. The van der Waals surface area contributed by atoms with Gasteiger partial charge in [0.05, 0.1) is 0 Å². The van der Waals surface area contributed by atoms with E-state index < -0.39 is 10.8 Å². The van der Waals surface area contributed by atoms with Crippen molar-refractivity contribution in [2.24, 2.45) is 11.8 Å². The summed E-state index contributed by atoms with van der Waals surface area (Å²) in [4.78, 5) is 0. The van der Waals surface area contributed by atoms with Crippen LogP contribution in [0.3, 0.4) is 0 Å². The first kappa shape index (κ1) is 17.3. The summed E-state index contributed by atoms with van der Waals surface area (Å²) in [7, 11) is 0. The maximum atomic E-state index is 10.6. The lowest BCUT2D eigenvalue weighted by Crippen LogP contribution is -2.56. The molecule has 2 aromatic carbocycles. The summed E-state index contributed by atoms with van der Waals surface area (Å²) in [5.74, 6) is -0.579. The summed E-state index contributed by atoms with van der Waals surface area (Å²) >= 11 is 0. The van der Waals surface area contributed by atoms with E-state index in [9.17, 15) is 30.6 Å². The number of benzene rings is 2. The second-order valence-corrected chi connectivity index (χ2v) is 9.18. The molecule has 0 aliphatic heterocycles. The van der Waals surface area contributed by atoms with Crippen LogP contribution in [0.15, 0.2) is 24.3 Å². The van der Waals surface area contributed by atoms with Gasteiger partial charge in [-0.3, -0.25) is 0 Å². The van der Waals surface area contributed by atoms with Gasteiger partial charge in [0.25, 0.3) is 0 Å². The molecule has 0 amide bonds. The summed E-state index contributed by atoms with van der Waals surface area (Å²) in [5.41, 5.74) is -0.377. The van der Waals surface area contributed by atoms with Gasteiger partial charge in [0.1, 0.15) is 11.5 Å². The molecular formula is C22H24O6. The highest BCUT2D eigenvalue weighted by molar-refractivity contribution is 5.60. The van der Waals surface area contributed by atoms with Crippen molar-refractivity contribution in [1.29, 1.82) is 0 Å². The predicted molar refractivity (Wildman–Crippen MR) is 101 cm³/mol. The van der Waals surface area contributed by atoms with Crippen molar-refractivity contribution in [3.05, 3.63) is 35.4 Å². The third kappa shape index (κ3) is 2.14. The van der Waals surface area contributed by atoms with E-state index in [1.807, 2.05) is 0 Å². The number of hydrogen-bond acceptors (Lipinski definition) is 6. The monoisotopic (exact) mass is 384 g/mol. The van der Waals surface area contributed by atoms with Crippen LogP contribution in [0.1, 0.15) is 49.7 Å². The Morgan fingerprint density at radius 1 is 0.571 bits per heavy atom. The maximum Gasteiger partial charge on any atom is 0.164 e. The van der Waals surface area contributed by atoms with Gasteiger partial charge < -0.3 is 30.6 Å². The van der Waals surface area contributed by atoms with Crippen LogP contribution < -0.4 is 0 Å². The molecule has 0 radical (unpaired) electrons. The molecule has 4 saturated carbocycles. The molecule has 0 atom stereocenters. The molecule has 2 aromatic rings. The van der Waals surface area contributed by atoms with Crippen molar-refractivity contribution in [3.63, 3.8) is 0 Å². The van der Waals surface area contributed by atoms with Crippen molar-refractivity contribution < 1.29 is 30.6 Å². The molecule has 28 heavy (non-hydrogen) atoms. The van der Waals surface area contributed by atoms with Gasteiger partial charge in [0.2, 0.25) is 0 Å². The molecule has 0 saturated heterocycles. The molecule has 148 valence electrons. The van der Waals surface area contributed by atoms with Crippen molar-refractivity contribution >= 4 is 0 Å². The fourth-order valence-corrected chi connectivity index (χ4v) is 7.03. The van der Waals surface area contributed by atoms with E-state index in [1.165, 1.54) is 24.3 Å². The largest absolute Gasteiger partial charge is 0.508 e. The minimum atomic E-state index is -0.554. The van der Waals surface area contributed by atoms with Crippen LogP contribution in [-0.4, -0.2) is 30.6 Å². The Kier molecular flexibility index (Phi) is 3.35. The molecule has 6 nitrogen and oxygen atoms in total. The Balaban J connectivity index is 1.72. The zero-order valence-electron chi connectivity index (χ0n) is 15.4. The molecule has 4 aliphatic rings. The Hall–Kier alpha value is -2.76. The Morgan fingerprint density at radius 3 is 1.32 bits per heavy atom. The number of phenols is 6. The lowest BCUT2D eigenvalue weighted by atomic mass is 9.41. The molecule has 0 heterocycles. The van der Waals surface area contributed by atoms with E-state index in [-0.39, 0.29) is 34.5 Å². The zero-order valence-corrected chi connectivity index (χ0v) is 15.4. The fraction of sp³-hybridized carbons (Fsp3) is 0.455. The van der Waals surface area contributed by atoms with E-state index in [1.54, 1.807) is 0 Å². The van der Waals surface area contributed by atoms with Crippen LogP contribution in [-0.2, 0) is 10.8 Å². The summed E-state index contributed by atoms with van der Waals surface area (Å²) in [6.45, 7) is 0. The first-order valence-electron chi connectivity index (χ1n) is 9.73. The Bertz CT molecular complexity index is 892. The van der Waals surface area contributed by atoms with Gasteiger partial charge in [-0.1, -0.05) is 0 Å². The molecule has 6 heteroatoms. The topological polar surface area (TPSA) is 121 Å². The van der Waals surface area contributed by atoms with E-state index in [0.29, 0.717) is 29.4 Å². The first-order valence-corrected chi connectivity index (χ1v) is 9.73. The number of phenolic OH excluding ortho intramolecular Hbond substituents is 6. The molecule has 0 aromatic heterocycles. The van der Waals surface area contributed by atoms with E-state index >= 15 is 0 Å². The summed E-state index contributed by atoms with van der Waals surface area (Å²) in [6.07, 6.45) is 4.64. The van der Waals surface area contributed by atoms with Crippen LogP contribution in [0, 0.1) is 11.8 Å². The zero-order chi connectivity index (χ0) is 19.8. The highest BCUT2D eigenvalue weighted by Crippen LogP contribution is 2.70. The Labute approximate surface area is 162 Å². The van der Waals surface area contributed by atoms with Crippen LogP contribution >= 0.6 is 0 Å². The van der Waals surface area contributed by atoms with Crippen molar-refractivity contribution in [2.75, 3.05) is 0 Å². The standard InChI is InChI=1S/C22H24O6/c23-13-1-3-15(25)19(27)17(13)21-6-11-5-12(7-21)9-22(8-11,10-21)18-14(24)2-4-16(26)20(18)28/h1-4,11-12,23-28H,5-10H2. The average Bonchev–Trinajstić information content (AvgIpc) is 2.60. The minimum Gasteiger partial charge on any atom is -0.508 e. The van der Waals surface area contributed by atoms with Gasteiger partial charge in [-0.15, -0.1) is 0 Å². The highest BCUT2D eigenvalue weighted by Gasteiger charge is 2.61. The molecule has 0 unspecified atom stereocenters. The van der Waals surface area contributed by atoms with Crippen molar-refractivity contribution in [3.8, 4) is 34.5 Å². The van der Waals surface area contributed by atoms with Crippen molar-refractivity contribution in [1.82, 2.24) is 0 Å². The number of aromatic hydroxyl groups is 6. The summed E-state index contributed by atoms with van der Waals surface area (Å²) in [5, 5.41) is 62.5. The van der Waals surface area contributed by atoms with Gasteiger partial charge in [-0.05, 0) is 74.6 Å². The predicted octanol–water partition coefficient (Wildman–Crippen LogP) is 3.71. The number of hydrogen-bond donors (Lipinski definition) is 6. The smallest absolute Gasteiger partial charge is 0.164 e. The average molecular weight is 384 g/mol. The van der Waals surface area contributed by atoms with Gasteiger partial charge >= 0.3 is 0 Å². The molecular weight excluding hydrogens is 360 g/mol. The van der Waals surface area contributed by atoms with E-state index in [2.05, 4.69) is 0 Å². The van der Waals surface area contributed by atoms with Crippen molar-refractivity contribution in [2.45, 2.75) is 49.4 Å². The third-order valence-electron chi connectivity index (χ3n) is 7.39. The van der Waals surface area contributed by atoms with Crippen LogP contribution in [0.5, 0.6) is 34.5 Å². The fourth-order valence-electron chi connectivity index (χ4n) is 7.03. The SMILES string of the molecule is Oc1ccc(O)c(C23CC4CC(C2)CC(c2c(O)ccc(O)c2O)(C4)C3)c1O. The van der Waals surface area contributed by atoms with Gasteiger partial charge in [-0.25, -0.2) is 0 Å². The lowest BCUT2D eigenvalue weighted by molar-refractivity contribution is -0.0315. The van der Waals surface area contributed by atoms with Crippen LogP contribution in [0.2, 0.25) is 0 Å². The van der Waals surface area contributed by atoms with Crippen LogP contribution in [0.4, 0.5) is 0 Å². The number of rotatable bonds is 2.